The summed E-state index contributed by atoms with van der Waals surface area (Å²) >= 11 is 0. The van der Waals surface area contributed by atoms with Gasteiger partial charge in [-0.15, -0.1) is 0 Å². The molecule has 0 unspecified atom stereocenters. The lowest BCUT2D eigenvalue weighted by Crippen LogP contribution is -2.38. The number of anilines is 1. The summed E-state index contributed by atoms with van der Waals surface area (Å²) in [5.41, 5.74) is 6.41. The van der Waals surface area contributed by atoms with Crippen LogP contribution in [0.4, 0.5) is 5.95 Å². The highest BCUT2D eigenvalue weighted by atomic mass is 16.5. The van der Waals surface area contributed by atoms with Crippen molar-refractivity contribution in [3.05, 3.63) is 11.8 Å². The SMILES string of the molecule is CCCOc1cc(C)nc(N2CCC(OCCN)CC2)n1. The first-order valence-corrected chi connectivity index (χ1v) is 7.78. The fraction of sp³-hybridized carbons (Fsp3) is 0.733. The summed E-state index contributed by atoms with van der Waals surface area (Å²) in [6.07, 6.45) is 3.26. The van der Waals surface area contributed by atoms with Crippen LogP contribution < -0.4 is 15.4 Å². The second kappa shape index (κ2) is 8.14. The lowest BCUT2D eigenvalue weighted by molar-refractivity contribution is 0.0420. The van der Waals surface area contributed by atoms with E-state index in [1.165, 1.54) is 0 Å². The van der Waals surface area contributed by atoms with Crippen LogP contribution >= 0.6 is 0 Å². The molecule has 1 aliphatic rings. The van der Waals surface area contributed by atoms with E-state index in [0.717, 1.165) is 44.0 Å². The molecule has 2 heterocycles. The zero-order chi connectivity index (χ0) is 15.1. The van der Waals surface area contributed by atoms with E-state index in [-0.39, 0.29) is 0 Å². The monoisotopic (exact) mass is 294 g/mol. The Morgan fingerprint density at radius 3 is 2.71 bits per heavy atom. The van der Waals surface area contributed by atoms with Gasteiger partial charge in [-0.25, -0.2) is 4.98 Å². The molecule has 118 valence electrons. The number of hydrogen-bond acceptors (Lipinski definition) is 6. The summed E-state index contributed by atoms with van der Waals surface area (Å²) in [7, 11) is 0. The Kier molecular flexibility index (Phi) is 6.20. The van der Waals surface area contributed by atoms with Gasteiger partial charge < -0.3 is 20.1 Å². The highest BCUT2D eigenvalue weighted by Gasteiger charge is 2.21. The van der Waals surface area contributed by atoms with Gasteiger partial charge in [0.25, 0.3) is 0 Å². The Labute approximate surface area is 126 Å². The Morgan fingerprint density at radius 1 is 1.29 bits per heavy atom. The van der Waals surface area contributed by atoms with Crippen LogP contribution in [0, 0.1) is 6.92 Å². The average Bonchev–Trinajstić information content (AvgIpc) is 2.51. The fourth-order valence-electron chi connectivity index (χ4n) is 2.40. The van der Waals surface area contributed by atoms with E-state index < -0.39 is 0 Å². The number of hydrogen-bond donors (Lipinski definition) is 1. The lowest BCUT2D eigenvalue weighted by Gasteiger charge is -2.32. The number of nitrogens with two attached hydrogens (primary N) is 1. The van der Waals surface area contributed by atoms with Crippen LogP contribution in [-0.2, 0) is 4.74 Å². The molecule has 0 aromatic carbocycles. The maximum Gasteiger partial charge on any atom is 0.228 e. The molecule has 0 bridgehead atoms. The molecule has 0 spiro atoms. The van der Waals surface area contributed by atoms with E-state index in [1.54, 1.807) is 0 Å². The summed E-state index contributed by atoms with van der Waals surface area (Å²) in [6, 6.07) is 1.89. The normalized spacial score (nSPS) is 16.2. The smallest absolute Gasteiger partial charge is 0.228 e. The largest absolute Gasteiger partial charge is 0.478 e. The lowest BCUT2D eigenvalue weighted by atomic mass is 10.1. The van der Waals surface area contributed by atoms with Crippen molar-refractivity contribution in [2.45, 2.75) is 39.2 Å². The van der Waals surface area contributed by atoms with E-state index in [0.29, 0.717) is 31.7 Å². The molecule has 0 radical (unpaired) electrons. The third-order valence-corrected chi connectivity index (χ3v) is 3.47. The molecule has 1 aromatic heterocycles. The second-order valence-electron chi connectivity index (χ2n) is 5.34. The standard InChI is InChI=1S/C15H26N4O2/c1-3-9-21-14-11-12(2)17-15(18-14)19-7-4-13(5-8-19)20-10-6-16/h11,13H,3-10,16H2,1-2H3. The quantitative estimate of drug-likeness (QED) is 0.822. The molecule has 0 aliphatic carbocycles. The topological polar surface area (TPSA) is 73.5 Å². The van der Waals surface area contributed by atoms with Gasteiger partial charge in [-0.2, -0.15) is 4.98 Å². The van der Waals surface area contributed by atoms with E-state index >= 15 is 0 Å². The number of ether oxygens (including phenoxy) is 2. The molecule has 21 heavy (non-hydrogen) atoms. The van der Waals surface area contributed by atoms with Crippen LogP contribution in [-0.4, -0.2) is 48.9 Å². The van der Waals surface area contributed by atoms with Crippen molar-refractivity contribution in [2.24, 2.45) is 5.73 Å². The average molecular weight is 294 g/mol. The van der Waals surface area contributed by atoms with Crippen molar-refractivity contribution in [1.82, 2.24) is 9.97 Å². The summed E-state index contributed by atoms with van der Waals surface area (Å²) in [5.74, 6) is 1.43. The number of aryl methyl sites for hydroxylation is 1. The highest BCUT2D eigenvalue weighted by Crippen LogP contribution is 2.21. The van der Waals surface area contributed by atoms with Gasteiger partial charge >= 0.3 is 0 Å². The third-order valence-electron chi connectivity index (χ3n) is 3.47. The third kappa shape index (κ3) is 4.82. The Balaban J connectivity index is 1.94. The van der Waals surface area contributed by atoms with E-state index in [4.69, 9.17) is 15.2 Å². The molecule has 0 amide bonds. The zero-order valence-corrected chi connectivity index (χ0v) is 13.0. The molecule has 0 atom stereocenters. The first-order valence-electron chi connectivity index (χ1n) is 7.78. The van der Waals surface area contributed by atoms with Crippen molar-refractivity contribution in [1.29, 1.82) is 0 Å². The van der Waals surface area contributed by atoms with Crippen molar-refractivity contribution < 1.29 is 9.47 Å². The molecule has 6 nitrogen and oxygen atoms in total. The molecule has 2 N–H and O–H groups in total. The molecule has 1 saturated heterocycles. The second-order valence-corrected chi connectivity index (χ2v) is 5.34. The number of nitrogens with zero attached hydrogens (tertiary/aromatic N) is 3. The van der Waals surface area contributed by atoms with Gasteiger partial charge in [0.2, 0.25) is 11.8 Å². The maximum absolute atomic E-state index is 5.70. The number of rotatable bonds is 7. The van der Waals surface area contributed by atoms with E-state index in [2.05, 4.69) is 21.8 Å². The molecular weight excluding hydrogens is 268 g/mol. The molecule has 1 fully saturated rings. The van der Waals surface area contributed by atoms with Crippen LogP contribution in [0.15, 0.2) is 6.07 Å². The minimum absolute atomic E-state index is 0.311. The molecule has 6 heteroatoms. The Hall–Kier alpha value is -1.40. The minimum atomic E-state index is 0.311. The summed E-state index contributed by atoms with van der Waals surface area (Å²) in [4.78, 5) is 11.2. The predicted molar refractivity (Wildman–Crippen MR) is 82.8 cm³/mol. The van der Waals surface area contributed by atoms with Crippen molar-refractivity contribution in [2.75, 3.05) is 37.7 Å². The predicted octanol–water partition coefficient (Wildman–Crippen LogP) is 1.52. The molecular formula is C15H26N4O2. The fourth-order valence-corrected chi connectivity index (χ4v) is 2.40. The molecule has 2 rings (SSSR count). The molecule has 1 aliphatic heterocycles. The van der Waals surface area contributed by atoms with Gasteiger partial charge in [-0.05, 0) is 26.2 Å². The zero-order valence-electron chi connectivity index (χ0n) is 13.0. The molecule has 0 saturated carbocycles. The van der Waals surface area contributed by atoms with Gasteiger partial charge in [0, 0.05) is 31.4 Å². The van der Waals surface area contributed by atoms with Gasteiger partial charge in [-0.3, -0.25) is 0 Å². The number of piperidine rings is 1. The Morgan fingerprint density at radius 2 is 2.05 bits per heavy atom. The van der Waals surface area contributed by atoms with Crippen LogP contribution in [0.2, 0.25) is 0 Å². The van der Waals surface area contributed by atoms with Gasteiger partial charge in [0.15, 0.2) is 0 Å². The van der Waals surface area contributed by atoms with Gasteiger partial charge in [-0.1, -0.05) is 6.92 Å². The first kappa shape index (κ1) is 16.0. The van der Waals surface area contributed by atoms with Crippen LogP contribution in [0.1, 0.15) is 31.9 Å². The van der Waals surface area contributed by atoms with Gasteiger partial charge in [0.1, 0.15) is 0 Å². The summed E-state index contributed by atoms with van der Waals surface area (Å²) in [6.45, 7) is 7.78. The summed E-state index contributed by atoms with van der Waals surface area (Å²) in [5, 5.41) is 0. The van der Waals surface area contributed by atoms with Crippen molar-refractivity contribution in [3.8, 4) is 5.88 Å². The highest BCUT2D eigenvalue weighted by molar-refractivity contribution is 5.34. The van der Waals surface area contributed by atoms with Crippen LogP contribution in [0.5, 0.6) is 5.88 Å². The summed E-state index contributed by atoms with van der Waals surface area (Å²) < 4.78 is 11.3. The van der Waals surface area contributed by atoms with Crippen LogP contribution in [0.3, 0.4) is 0 Å². The first-order chi connectivity index (χ1) is 10.2. The van der Waals surface area contributed by atoms with E-state index in [9.17, 15) is 0 Å². The minimum Gasteiger partial charge on any atom is -0.478 e. The number of aromatic nitrogens is 2. The van der Waals surface area contributed by atoms with E-state index in [1.807, 2.05) is 13.0 Å². The van der Waals surface area contributed by atoms with Crippen molar-refractivity contribution in [3.63, 3.8) is 0 Å². The Bertz CT molecular complexity index is 434. The van der Waals surface area contributed by atoms with Crippen LogP contribution in [0.25, 0.3) is 0 Å². The van der Waals surface area contributed by atoms with Crippen molar-refractivity contribution >= 4 is 5.95 Å². The van der Waals surface area contributed by atoms with Gasteiger partial charge in [0.05, 0.1) is 19.3 Å². The molecule has 1 aromatic rings. The maximum atomic E-state index is 5.70.